The average Bonchev–Trinajstić information content (AvgIpc) is 3.32. The second kappa shape index (κ2) is 10.5. The summed E-state index contributed by atoms with van der Waals surface area (Å²) in [5.41, 5.74) is 7.66. The Labute approximate surface area is 186 Å². The summed E-state index contributed by atoms with van der Waals surface area (Å²) in [5, 5.41) is 1.92. The number of morpholine rings is 1. The summed E-state index contributed by atoms with van der Waals surface area (Å²) in [7, 11) is 0. The van der Waals surface area contributed by atoms with Gasteiger partial charge < -0.3 is 15.4 Å². The number of hydrogen-bond donors (Lipinski definition) is 1. The molecule has 2 heterocycles. The molecule has 0 bridgehead atoms. The van der Waals surface area contributed by atoms with E-state index in [4.69, 9.17) is 10.5 Å². The summed E-state index contributed by atoms with van der Waals surface area (Å²) < 4.78 is 5.47. The van der Waals surface area contributed by atoms with Crippen LogP contribution in [0.5, 0.6) is 0 Å². The van der Waals surface area contributed by atoms with Gasteiger partial charge in [0.05, 0.1) is 24.3 Å². The first-order chi connectivity index (χ1) is 15.0. The van der Waals surface area contributed by atoms with Gasteiger partial charge in [-0.15, -0.1) is 11.3 Å². The van der Waals surface area contributed by atoms with Crippen molar-refractivity contribution in [1.82, 2.24) is 9.88 Å². The minimum absolute atomic E-state index is 0.138. The summed E-state index contributed by atoms with van der Waals surface area (Å²) in [4.78, 5) is 46.3. The first-order valence-corrected chi connectivity index (χ1v) is 11.4. The number of amides is 3. The summed E-state index contributed by atoms with van der Waals surface area (Å²) in [6.07, 6.45) is 3.89. The number of anilines is 1. The van der Waals surface area contributed by atoms with Gasteiger partial charge in [0.1, 0.15) is 0 Å². The molecule has 2 N–H and O–H groups in total. The van der Waals surface area contributed by atoms with Gasteiger partial charge in [0.15, 0.2) is 5.01 Å². The van der Waals surface area contributed by atoms with Gasteiger partial charge in [0.2, 0.25) is 5.91 Å². The van der Waals surface area contributed by atoms with Crippen molar-refractivity contribution in [3.05, 3.63) is 45.4 Å². The number of aromatic nitrogens is 1. The van der Waals surface area contributed by atoms with E-state index in [1.807, 2.05) is 6.07 Å². The second-order valence-corrected chi connectivity index (χ2v) is 8.14. The van der Waals surface area contributed by atoms with Crippen LogP contribution in [0.15, 0.2) is 23.7 Å². The Morgan fingerprint density at radius 1 is 1.19 bits per heavy atom. The topological polar surface area (TPSA) is 106 Å². The van der Waals surface area contributed by atoms with Crippen molar-refractivity contribution in [3.8, 4) is 0 Å². The molecule has 0 unspecified atom stereocenters. The third-order valence-corrected chi connectivity index (χ3v) is 6.08. The van der Waals surface area contributed by atoms with Crippen LogP contribution in [-0.4, -0.2) is 60.5 Å². The molecule has 1 saturated heterocycles. The molecule has 31 heavy (non-hydrogen) atoms. The molecule has 3 rings (SSSR count). The van der Waals surface area contributed by atoms with Crippen LogP contribution in [-0.2, 0) is 11.2 Å². The van der Waals surface area contributed by atoms with Crippen LogP contribution >= 0.6 is 11.3 Å². The van der Waals surface area contributed by atoms with Crippen LogP contribution in [0.25, 0.3) is 0 Å². The van der Waals surface area contributed by atoms with Crippen molar-refractivity contribution >= 4 is 34.7 Å². The first-order valence-electron chi connectivity index (χ1n) is 10.5. The van der Waals surface area contributed by atoms with E-state index in [1.54, 1.807) is 18.4 Å². The minimum atomic E-state index is -0.688. The zero-order valence-electron chi connectivity index (χ0n) is 17.9. The Kier molecular flexibility index (Phi) is 7.75. The molecule has 0 radical (unpaired) electrons. The molecular formula is C22H28N4O4S. The third-order valence-electron chi connectivity index (χ3n) is 5.32. The van der Waals surface area contributed by atoms with Crippen molar-refractivity contribution in [3.63, 3.8) is 0 Å². The Morgan fingerprint density at radius 2 is 1.94 bits per heavy atom. The van der Waals surface area contributed by atoms with Gasteiger partial charge >= 0.3 is 0 Å². The highest BCUT2D eigenvalue weighted by molar-refractivity contribution is 7.11. The SMILES string of the molecule is CCCCc1c(N2CCOCC2)ccc(C(N)=O)c1C(=O)N(CC)C(=O)c1nccs1. The molecule has 0 spiro atoms. The lowest BCUT2D eigenvalue weighted by Crippen LogP contribution is -2.40. The summed E-state index contributed by atoms with van der Waals surface area (Å²) >= 11 is 1.17. The van der Waals surface area contributed by atoms with E-state index in [9.17, 15) is 14.4 Å². The number of benzene rings is 1. The number of ether oxygens (including phenoxy) is 1. The predicted octanol–water partition coefficient (Wildman–Crippen LogP) is 2.72. The van der Waals surface area contributed by atoms with Gasteiger partial charge in [-0.25, -0.2) is 4.98 Å². The monoisotopic (exact) mass is 444 g/mol. The largest absolute Gasteiger partial charge is 0.378 e. The van der Waals surface area contributed by atoms with E-state index >= 15 is 0 Å². The van der Waals surface area contributed by atoms with E-state index in [1.165, 1.54) is 17.5 Å². The molecule has 2 aromatic rings. The van der Waals surface area contributed by atoms with Crippen molar-refractivity contribution < 1.29 is 19.1 Å². The lowest BCUT2D eigenvalue weighted by Gasteiger charge is -2.32. The van der Waals surface area contributed by atoms with E-state index < -0.39 is 17.7 Å². The molecule has 3 amide bonds. The number of hydrogen-bond acceptors (Lipinski definition) is 7. The molecule has 8 nitrogen and oxygen atoms in total. The van der Waals surface area contributed by atoms with Gasteiger partial charge in [-0.3, -0.25) is 19.3 Å². The number of thiazole rings is 1. The molecule has 166 valence electrons. The van der Waals surface area contributed by atoms with Gasteiger partial charge in [-0.1, -0.05) is 13.3 Å². The smallest absolute Gasteiger partial charge is 0.289 e. The highest BCUT2D eigenvalue weighted by atomic mass is 32.1. The molecule has 1 aromatic carbocycles. The lowest BCUT2D eigenvalue weighted by atomic mass is 9.92. The Balaban J connectivity index is 2.13. The molecular weight excluding hydrogens is 416 g/mol. The van der Waals surface area contributed by atoms with Gasteiger partial charge in [0, 0.05) is 36.9 Å². The second-order valence-electron chi connectivity index (χ2n) is 7.24. The maximum absolute atomic E-state index is 13.7. The highest BCUT2D eigenvalue weighted by Gasteiger charge is 2.31. The quantitative estimate of drug-likeness (QED) is 0.628. The van der Waals surface area contributed by atoms with Crippen molar-refractivity contribution in [2.45, 2.75) is 33.1 Å². The van der Waals surface area contributed by atoms with Gasteiger partial charge in [0.25, 0.3) is 11.8 Å². The summed E-state index contributed by atoms with van der Waals surface area (Å²) in [6.45, 7) is 6.53. The fraction of sp³-hybridized carbons (Fsp3) is 0.455. The predicted molar refractivity (Wildman–Crippen MR) is 120 cm³/mol. The maximum Gasteiger partial charge on any atom is 0.289 e. The lowest BCUT2D eigenvalue weighted by molar-refractivity contribution is 0.0621. The summed E-state index contributed by atoms with van der Waals surface area (Å²) in [6, 6.07) is 3.45. The standard InChI is InChI=1S/C22H28N4O4S/c1-3-5-6-15-17(25-10-12-30-13-11-25)8-7-16(19(23)27)18(15)21(28)26(4-2)22(29)20-24-9-14-31-20/h7-9,14H,3-6,10-13H2,1-2H3,(H2,23,27). The molecule has 9 heteroatoms. The van der Waals surface area contributed by atoms with Gasteiger partial charge in [-0.2, -0.15) is 0 Å². The molecule has 1 aliphatic heterocycles. The van der Waals surface area contributed by atoms with Crippen LogP contribution < -0.4 is 10.6 Å². The van der Waals surface area contributed by atoms with E-state index in [-0.39, 0.29) is 22.7 Å². The number of carbonyl (C=O) groups excluding carboxylic acids is 3. The fourth-order valence-electron chi connectivity index (χ4n) is 3.75. The van der Waals surface area contributed by atoms with Crippen LogP contribution in [0, 0.1) is 0 Å². The van der Waals surface area contributed by atoms with Crippen molar-refractivity contribution in [1.29, 1.82) is 0 Å². The highest BCUT2D eigenvalue weighted by Crippen LogP contribution is 2.31. The van der Waals surface area contributed by atoms with Crippen molar-refractivity contribution in [2.24, 2.45) is 5.73 Å². The van der Waals surface area contributed by atoms with E-state index in [2.05, 4.69) is 16.8 Å². The number of unbranched alkanes of at least 4 members (excludes halogenated alkanes) is 1. The van der Waals surface area contributed by atoms with E-state index in [0.29, 0.717) is 32.7 Å². The van der Waals surface area contributed by atoms with E-state index in [0.717, 1.165) is 29.0 Å². The number of primary amides is 1. The summed E-state index contributed by atoms with van der Waals surface area (Å²) in [5.74, 6) is -1.68. The van der Waals surface area contributed by atoms with Crippen LogP contribution in [0.2, 0.25) is 0 Å². The number of carbonyl (C=O) groups is 3. The molecule has 1 fully saturated rings. The molecule has 1 aliphatic rings. The maximum atomic E-state index is 13.7. The average molecular weight is 445 g/mol. The molecule has 0 aliphatic carbocycles. The number of rotatable bonds is 8. The Morgan fingerprint density at radius 3 is 2.52 bits per heavy atom. The first kappa shape index (κ1) is 22.9. The number of imide groups is 1. The van der Waals surface area contributed by atoms with Crippen LogP contribution in [0.4, 0.5) is 5.69 Å². The van der Waals surface area contributed by atoms with Crippen LogP contribution in [0.1, 0.15) is 62.8 Å². The van der Waals surface area contributed by atoms with Crippen molar-refractivity contribution in [2.75, 3.05) is 37.7 Å². The number of nitrogens with two attached hydrogens (primary N) is 1. The molecule has 0 atom stereocenters. The third kappa shape index (κ3) is 4.94. The zero-order valence-corrected chi connectivity index (χ0v) is 18.7. The fourth-order valence-corrected chi connectivity index (χ4v) is 4.34. The normalized spacial score (nSPS) is 13.8. The molecule has 0 saturated carbocycles. The zero-order chi connectivity index (χ0) is 22.4. The van der Waals surface area contributed by atoms with Gasteiger partial charge in [-0.05, 0) is 37.5 Å². The molecule has 1 aromatic heterocycles. The number of nitrogens with zero attached hydrogens (tertiary/aromatic N) is 3. The Hall–Kier alpha value is -2.78. The Bertz CT molecular complexity index is 939. The van der Waals surface area contributed by atoms with Crippen LogP contribution in [0.3, 0.4) is 0 Å². The minimum Gasteiger partial charge on any atom is -0.378 e.